The summed E-state index contributed by atoms with van der Waals surface area (Å²) in [5.41, 5.74) is 1.89. The summed E-state index contributed by atoms with van der Waals surface area (Å²) >= 11 is 0. The molecule has 12 heavy (non-hydrogen) atoms. The van der Waals surface area contributed by atoms with E-state index in [4.69, 9.17) is 0 Å². The molecular formula is C10H17N2+. The van der Waals surface area contributed by atoms with Gasteiger partial charge in [0.15, 0.2) is 12.3 Å². The molecule has 66 valence electrons. The summed E-state index contributed by atoms with van der Waals surface area (Å²) in [5, 5.41) is 4.42. The fraction of sp³-hybridized carbons (Fsp3) is 0.800. The van der Waals surface area contributed by atoms with Gasteiger partial charge in [-0.15, -0.1) is 0 Å². The molecule has 1 unspecified atom stereocenters. The largest absolute Gasteiger partial charge is 0.194 e. The van der Waals surface area contributed by atoms with Gasteiger partial charge in [0.1, 0.15) is 0 Å². The second-order valence-corrected chi connectivity index (χ2v) is 4.83. The van der Waals surface area contributed by atoms with E-state index >= 15 is 0 Å². The highest BCUT2D eigenvalue weighted by molar-refractivity contribution is 5.98. The number of hydrogen-bond acceptors (Lipinski definition) is 1. The first kappa shape index (κ1) is 7.96. The molecule has 2 heterocycles. The Kier molecular flexibility index (Phi) is 1.60. The van der Waals surface area contributed by atoms with Gasteiger partial charge >= 0.3 is 0 Å². The van der Waals surface area contributed by atoms with Gasteiger partial charge in [-0.3, -0.25) is 0 Å². The van der Waals surface area contributed by atoms with Crippen molar-refractivity contribution in [2.24, 2.45) is 16.4 Å². The molecule has 0 aliphatic carbocycles. The molecule has 0 N–H and O–H groups in total. The van der Waals surface area contributed by atoms with Crippen LogP contribution in [0.1, 0.15) is 33.6 Å². The molecule has 2 aliphatic rings. The van der Waals surface area contributed by atoms with E-state index in [1.54, 1.807) is 5.71 Å². The van der Waals surface area contributed by atoms with Crippen LogP contribution in [0.15, 0.2) is 5.10 Å². The molecule has 1 atom stereocenters. The summed E-state index contributed by atoms with van der Waals surface area (Å²) in [4.78, 5) is 0. The Morgan fingerprint density at radius 1 is 1.50 bits per heavy atom. The normalized spacial score (nSPS) is 28.4. The molecule has 2 rings (SSSR count). The van der Waals surface area contributed by atoms with Gasteiger partial charge in [-0.05, 0) is 10.5 Å². The van der Waals surface area contributed by atoms with Gasteiger partial charge in [0.2, 0.25) is 0 Å². The molecule has 0 aromatic rings. The zero-order chi connectivity index (χ0) is 8.77. The van der Waals surface area contributed by atoms with Crippen molar-refractivity contribution in [3.63, 3.8) is 0 Å². The van der Waals surface area contributed by atoms with Gasteiger partial charge < -0.3 is 0 Å². The van der Waals surface area contributed by atoms with Gasteiger partial charge in [-0.2, -0.15) is 0 Å². The second kappa shape index (κ2) is 2.41. The summed E-state index contributed by atoms with van der Waals surface area (Å²) in [5.74, 6) is 0.583. The fourth-order valence-corrected chi connectivity index (χ4v) is 2.09. The lowest BCUT2D eigenvalue weighted by molar-refractivity contribution is -0.522. The van der Waals surface area contributed by atoms with Crippen molar-refractivity contribution in [2.45, 2.75) is 33.6 Å². The lowest BCUT2D eigenvalue weighted by Gasteiger charge is -2.21. The highest BCUT2D eigenvalue weighted by Gasteiger charge is 2.41. The quantitative estimate of drug-likeness (QED) is 0.487. The van der Waals surface area contributed by atoms with E-state index in [1.165, 1.54) is 12.8 Å². The average molecular weight is 165 g/mol. The second-order valence-electron chi connectivity index (χ2n) is 4.83. The van der Waals surface area contributed by atoms with Gasteiger partial charge in [-0.1, -0.05) is 25.5 Å². The molecule has 0 radical (unpaired) electrons. The van der Waals surface area contributed by atoms with Crippen LogP contribution in [0.25, 0.3) is 0 Å². The van der Waals surface area contributed by atoms with E-state index in [-0.39, 0.29) is 0 Å². The minimum atomic E-state index is 0.345. The molecule has 2 aliphatic heterocycles. The van der Waals surface area contributed by atoms with E-state index in [0.717, 1.165) is 6.54 Å². The average Bonchev–Trinajstić information content (AvgIpc) is 2.37. The van der Waals surface area contributed by atoms with Gasteiger partial charge in [0, 0.05) is 12.8 Å². The molecule has 0 spiro atoms. The van der Waals surface area contributed by atoms with Crippen LogP contribution in [0.2, 0.25) is 0 Å². The van der Waals surface area contributed by atoms with Crippen molar-refractivity contribution in [3.05, 3.63) is 0 Å². The van der Waals surface area contributed by atoms with E-state index in [9.17, 15) is 0 Å². The molecule has 0 aromatic heterocycles. The predicted molar refractivity (Wildman–Crippen MR) is 50.8 cm³/mol. The van der Waals surface area contributed by atoms with E-state index in [2.05, 4.69) is 36.8 Å². The predicted octanol–water partition coefficient (Wildman–Crippen LogP) is 1.90. The summed E-state index contributed by atoms with van der Waals surface area (Å²) in [6, 6.07) is 0. The molecule has 0 aromatic carbocycles. The maximum absolute atomic E-state index is 4.42. The van der Waals surface area contributed by atoms with Crippen molar-refractivity contribution < 1.29 is 4.68 Å². The maximum Gasteiger partial charge on any atom is 0.194 e. The zero-order valence-electron chi connectivity index (χ0n) is 8.17. The summed E-state index contributed by atoms with van der Waals surface area (Å²) in [7, 11) is 0. The van der Waals surface area contributed by atoms with E-state index in [1.807, 2.05) is 0 Å². The van der Waals surface area contributed by atoms with Gasteiger partial charge in [0.05, 0.1) is 12.1 Å². The number of hydrazone groups is 1. The third-order valence-electron chi connectivity index (χ3n) is 2.78. The molecule has 2 heteroatoms. The van der Waals surface area contributed by atoms with E-state index < -0.39 is 0 Å². The molecule has 2 nitrogen and oxygen atoms in total. The van der Waals surface area contributed by atoms with Crippen LogP contribution in [0.3, 0.4) is 0 Å². The molecule has 0 saturated heterocycles. The van der Waals surface area contributed by atoms with Crippen LogP contribution in [-0.2, 0) is 0 Å². The van der Waals surface area contributed by atoms with Crippen molar-refractivity contribution in [2.75, 3.05) is 6.54 Å². The first-order valence-electron chi connectivity index (χ1n) is 4.76. The van der Waals surface area contributed by atoms with Crippen LogP contribution in [0.4, 0.5) is 0 Å². The topological polar surface area (TPSA) is 15.4 Å². The molecule has 0 saturated carbocycles. The SMILES string of the molecule is CC(C)(C)C1C=N[N+]2=C1CCC2. The monoisotopic (exact) mass is 165 g/mol. The third-order valence-corrected chi connectivity index (χ3v) is 2.78. The smallest absolute Gasteiger partial charge is 0.0921 e. The van der Waals surface area contributed by atoms with Crippen LogP contribution in [0.5, 0.6) is 0 Å². The van der Waals surface area contributed by atoms with E-state index in [0.29, 0.717) is 11.3 Å². The Balaban J connectivity index is 2.27. The maximum atomic E-state index is 4.42. The third kappa shape index (κ3) is 1.10. The lowest BCUT2D eigenvalue weighted by Crippen LogP contribution is -2.28. The Labute approximate surface area is 74.0 Å². The summed E-state index contributed by atoms with van der Waals surface area (Å²) < 4.78 is 2.19. The van der Waals surface area contributed by atoms with Gasteiger partial charge in [-0.25, -0.2) is 0 Å². The van der Waals surface area contributed by atoms with Crippen molar-refractivity contribution in [1.29, 1.82) is 0 Å². The highest BCUT2D eigenvalue weighted by atomic mass is 15.4. The Bertz CT molecular complexity index is 256. The van der Waals surface area contributed by atoms with Crippen LogP contribution in [0, 0.1) is 11.3 Å². The molecular weight excluding hydrogens is 148 g/mol. The Hall–Kier alpha value is -0.660. The fourth-order valence-electron chi connectivity index (χ4n) is 2.09. The number of nitrogens with zero attached hydrogens (tertiary/aromatic N) is 2. The van der Waals surface area contributed by atoms with Gasteiger partial charge in [0.25, 0.3) is 0 Å². The van der Waals surface area contributed by atoms with Crippen LogP contribution < -0.4 is 0 Å². The first-order valence-corrected chi connectivity index (χ1v) is 4.76. The molecule has 0 bridgehead atoms. The number of hydrogen-bond donors (Lipinski definition) is 0. The van der Waals surface area contributed by atoms with Crippen molar-refractivity contribution >= 4 is 11.9 Å². The zero-order valence-corrected chi connectivity index (χ0v) is 8.17. The highest BCUT2D eigenvalue weighted by Crippen LogP contribution is 2.31. The van der Waals surface area contributed by atoms with Crippen LogP contribution in [-0.4, -0.2) is 23.2 Å². The first-order chi connectivity index (χ1) is 5.59. The molecule has 0 amide bonds. The summed E-state index contributed by atoms with van der Waals surface area (Å²) in [6.45, 7) is 8.01. The minimum absolute atomic E-state index is 0.345. The summed E-state index contributed by atoms with van der Waals surface area (Å²) in [6.07, 6.45) is 4.66. The van der Waals surface area contributed by atoms with Crippen molar-refractivity contribution in [1.82, 2.24) is 0 Å². The van der Waals surface area contributed by atoms with Crippen molar-refractivity contribution in [3.8, 4) is 0 Å². The Morgan fingerprint density at radius 2 is 2.25 bits per heavy atom. The lowest BCUT2D eigenvalue weighted by atomic mass is 9.78. The molecule has 0 fully saturated rings. The standard InChI is InChI=1S/C10H17N2/c1-10(2,3)8-7-11-12-6-4-5-9(8)12/h7-8H,4-6H2,1-3H3/q+1. The Morgan fingerprint density at radius 3 is 2.92 bits per heavy atom. The minimum Gasteiger partial charge on any atom is -0.0921 e. The van der Waals surface area contributed by atoms with Crippen LogP contribution >= 0.6 is 0 Å². The number of rotatable bonds is 0.